The highest BCUT2D eigenvalue weighted by atomic mass is 16.5. The van der Waals surface area contributed by atoms with E-state index in [0.29, 0.717) is 12.1 Å². The van der Waals surface area contributed by atoms with Crippen molar-refractivity contribution in [3.63, 3.8) is 0 Å². The Morgan fingerprint density at radius 1 is 1.26 bits per heavy atom. The average molecular weight is 372 g/mol. The molecule has 1 saturated carbocycles. The van der Waals surface area contributed by atoms with Crippen molar-refractivity contribution in [3.05, 3.63) is 54.0 Å². The predicted molar refractivity (Wildman–Crippen MR) is 98.6 cm³/mol. The van der Waals surface area contributed by atoms with E-state index in [1.54, 1.807) is 6.07 Å². The molecule has 0 aliphatic heterocycles. The van der Waals surface area contributed by atoms with Gasteiger partial charge in [-0.1, -0.05) is 25.1 Å². The average Bonchev–Trinajstić information content (AvgIpc) is 3.10. The Morgan fingerprint density at radius 2 is 2.00 bits per heavy atom. The Kier molecular flexibility index (Phi) is 6.13. The zero-order valence-corrected chi connectivity index (χ0v) is 15.3. The molecule has 2 aromatic rings. The number of likely N-dealkylation sites (N-methyl/N-ethyl adjacent to an activating group) is 1. The van der Waals surface area contributed by atoms with Crippen LogP contribution in [0.3, 0.4) is 0 Å². The van der Waals surface area contributed by atoms with Crippen LogP contribution < -0.4 is 10.1 Å². The molecule has 1 amide bonds. The Bertz CT molecular complexity index is 768. The molecule has 1 fully saturated rings. The first kappa shape index (κ1) is 19.0. The van der Waals surface area contributed by atoms with E-state index in [4.69, 9.17) is 14.3 Å². The fourth-order valence-electron chi connectivity index (χ4n) is 3.25. The van der Waals surface area contributed by atoms with Crippen molar-refractivity contribution in [1.82, 2.24) is 10.2 Å². The number of para-hydroxylation sites is 1. The van der Waals surface area contributed by atoms with Crippen LogP contribution in [0.5, 0.6) is 5.75 Å². The maximum atomic E-state index is 12.5. The van der Waals surface area contributed by atoms with Crippen LogP contribution in [0.15, 0.2) is 47.1 Å². The summed E-state index contributed by atoms with van der Waals surface area (Å²) in [6.07, 6.45) is 2.96. The number of benzene rings is 1. The second kappa shape index (κ2) is 8.73. The normalized spacial score (nSPS) is 18.7. The van der Waals surface area contributed by atoms with Crippen LogP contribution in [-0.4, -0.2) is 47.1 Å². The molecule has 0 unspecified atom stereocenters. The van der Waals surface area contributed by atoms with Gasteiger partial charge >= 0.3 is 5.97 Å². The van der Waals surface area contributed by atoms with E-state index < -0.39 is 5.97 Å². The predicted octanol–water partition coefficient (Wildman–Crippen LogP) is 2.53. The van der Waals surface area contributed by atoms with E-state index in [0.717, 1.165) is 18.6 Å². The molecule has 0 atom stereocenters. The molecule has 7 heteroatoms. The van der Waals surface area contributed by atoms with Crippen molar-refractivity contribution in [1.29, 1.82) is 0 Å². The number of nitrogens with one attached hydrogen (secondary N) is 1. The summed E-state index contributed by atoms with van der Waals surface area (Å²) in [7, 11) is 0. The quantitative estimate of drug-likeness (QED) is 0.703. The number of amides is 1. The van der Waals surface area contributed by atoms with Crippen LogP contribution in [0.25, 0.3) is 0 Å². The van der Waals surface area contributed by atoms with Gasteiger partial charge in [0.15, 0.2) is 5.76 Å². The van der Waals surface area contributed by atoms with Gasteiger partial charge in [0, 0.05) is 17.6 Å². The lowest BCUT2D eigenvalue weighted by atomic mass is 9.85. The van der Waals surface area contributed by atoms with E-state index in [9.17, 15) is 9.59 Å². The molecular formula is C20H24N2O5. The van der Waals surface area contributed by atoms with Crippen molar-refractivity contribution in [3.8, 4) is 5.75 Å². The molecule has 0 bridgehead atoms. The third kappa shape index (κ3) is 4.89. The molecule has 1 aliphatic carbocycles. The molecule has 0 saturated heterocycles. The summed E-state index contributed by atoms with van der Waals surface area (Å²) in [6, 6.07) is 11.3. The third-order valence-electron chi connectivity index (χ3n) is 4.80. The number of carboxylic acid groups (broad SMARTS) is 1. The van der Waals surface area contributed by atoms with Gasteiger partial charge in [0.1, 0.15) is 12.4 Å². The van der Waals surface area contributed by atoms with Crippen molar-refractivity contribution < 1.29 is 23.8 Å². The third-order valence-corrected chi connectivity index (χ3v) is 4.80. The summed E-state index contributed by atoms with van der Waals surface area (Å²) >= 11 is 0. The van der Waals surface area contributed by atoms with Crippen molar-refractivity contribution in [2.45, 2.75) is 38.5 Å². The lowest BCUT2D eigenvalue weighted by Crippen LogP contribution is -2.54. The van der Waals surface area contributed by atoms with Crippen molar-refractivity contribution in [2.24, 2.45) is 0 Å². The van der Waals surface area contributed by atoms with E-state index in [1.165, 1.54) is 6.26 Å². The molecule has 1 aromatic carbocycles. The van der Waals surface area contributed by atoms with Crippen LogP contribution >= 0.6 is 0 Å². The first-order chi connectivity index (χ1) is 13.1. The molecular weight excluding hydrogens is 348 g/mol. The van der Waals surface area contributed by atoms with Gasteiger partial charge < -0.3 is 19.6 Å². The zero-order valence-electron chi connectivity index (χ0n) is 15.3. The molecule has 2 N–H and O–H groups in total. The number of aliphatic carboxylic acids is 1. The molecule has 7 nitrogen and oxygen atoms in total. The van der Waals surface area contributed by atoms with Gasteiger partial charge in [-0.15, -0.1) is 0 Å². The first-order valence-electron chi connectivity index (χ1n) is 9.07. The second-order valence-electron chi connectivity index (χ2n) is 6.63. The minimum Gasteiger partial charge on any atom is -0.489 e. The van der Waals surface area contributed by atoms with Crippen LogP contribution in [0.1, 0.15) is 35.9 Å². The van der Waals surface area contributed by atoms with Gasteiger partial charge in [0.2, 0.25) is 0 Å². The summed E-state index contributed by atoms with van der Waals surface area (Å²) in [4.78, 5) is 25.3. The number of carboxylic acids is 1. The number of hydrogen-bond acceptors (Lipinski definition) is 5. The number of nitrogens with zero attached hydrogens (tertiary/aromatic N) is 1. The van der Waals surface area contributed by atoms with Gasteiger partial charge in [-0.3, -0.25) is 14.5 Å². The Labute approximate surface area is 157 Å². The Balaban J connectivity index is 1.50. The topological polar surface area (TPSA) is 92.0 Å². The maximum absolute atomic E-state index is 12.5. The number of ether oxygens (including phenoxy) is 1. The highest BCUT2D eigenvalue weighted by molar-refractivity contribution is 5.93. The minimum atomic E-state index is -0.831. The maximum Gasteiger partial charge on any atom is 0.317 e. The van der Waals surface area contributed by atoms with Gasteiger partial charge in [0.25, 0.3) is 5.91 Å². The Hall–Kier alpha value is -2.80. The zero-order chi connectivity index (χ0) is 19.2. The lowest BCUT2D eigenvalue weighted by molar-refractivity contribution is -0.139. The first-order valence-corrected chi connectivity index (χ1v) is 9.07. The molecule has 0 spiro atoms. The summed E-state index contributed by atoms with van der Waals surface area (Å²) in [5, 5.41) is 11.9. The molecule has 27 heavy (non-hydrogen) atoms. The molecule has 3 rings (SSSR count). The SMILES string of the molecule is CCN(CC(=O)O)C1CC(NC(=O)c2occc2COc2ccccc2)C1. The van der Waals surface area contributed by atoms with Crippen LogP contribution in [-0.2, 0) is 11.4 Å². The van der Waals surface area contributed by atoms with Crippen LogP contribution in [0.2, 0.25) is 0 Å². The van der Waals surface area contributed by atoms with Crippen LogP contribution in [0, 0.1) is 0 Å². The smallest absolute Gasteiger partial charge is 0.317 e. The minimum absolute atomic E-state index is 0.0262. The fourth-order valence-corrected chi connectivity index (χ4v) is 3.25. The summed E-state index contributed by atoms with van der Waals surface area (Å²) in [6.45, 7) is 2.90. The van der Waals surface area contributed by atoms with Crippen LogP contribution in [0.4, 0.5) is 0 Å². The van der Waals surface area contributed by atoms with Crippen molar-refractivity contribution >= 4 is 11.9 Å². The largest absolute Gasteiger partial charge is 0.489 e. The highest BCUT2D eigenvalue weighted by Crippen LogP contribution is 2.26. The second-order valence-corrected chi connectivity index (χ2v) is 6.63. The van der Waals surface area contributed by atoms with Gasteiger partial charge in [-0.25, -0.2) is 0 Å². The van der Waals surface area contributed by atoms with E-state index in [-0.39, 0.29) is 36.9 Å². The van der Waals surface area contributed by atoms with Gasteiger partial charge in [0.05, 0.1) is 12.8 Å². The number of rotatable bonds is 9. The van der Waals surface area contributed by atoms with E-state index in [1.807, 2.05) is 42.2 Å². The summed E-state index contributed by atoms with van der Waals surface area (Å²) in [5.41, 5.74) is 0.688. The number of furan rings is 1. The standard InChI is InChI=1S/C20H24N2O5/c1-2-22(12-18(23)24)16-10-15(11-16)21-20(25)19-14(8-9-26-19)13-27-17-6-4-3-5-7-17/h3-9,15-16H,2,10-13H2,1H3,(H,21,25)(H,23,24). The number of carbonyl (C=O) groups is 2. The lowest BCUT2D eigenvalue weighted by Gasteiger charge is -2.42. The van der Waals surface area contributed by atoms with E-state index >= 15 is 0 Å². The molecule has 0 radical (unpaired) electrons. The highest BCUT2D eigenvalue weighted by Gasteiger charge is 2.35. The van der Waals surface area contributed by atoms with Crippen molar-refractivity contribution in [2.75, 3.05) is 13.1 Å². The van der Waals surface area contributed by atoms with Gasteiger partial charge in [-0.2, -0.15) is 0 Å². The number of hydrogen-bond donors (Lipinski definition) is 2. The molecule has 144 valence electrons. The number of carbonyl (C=O) groups excluding carboxylic acids is 1. The van der Waals surface area contributed by atoms with Gasteiger partial charge in [-0.05, 0) is 37.6 Å². The van der Waals surface area contributed by atoms with E-state index in [2.05, 4.69) is 5.32 Å². The Morgan fingerprint density at radius 3 is 2.67 bits per heavy atom. The monoisotopic (exact) mass is 372 g/mol. The molecule has 1 aliphatic rings. The molecule has 1 heterocycles. The molecule has 1 aromatic heterocycles. The summed E-state index contributed by atoms with van der Waals surface area (Å²) in [5.74, 6) is -0.114. The fraction of sp³-hybridized carbons (Fsp3) is 0.400. The summed E-state index contributed by atoms with van der Waals surface area (Å²) < 4.78 is 11.0.